The van der Waals surface area contributed by atoms with Crippen molar-refractivity contribution in [2.45, 2.75) is 32.5 Å². The number of ether oxygens (including phenoxy) is 2. The Labute approximate surface area is 163 Å². The molecule has 0 fully saturated rings. The van der Waals surface area contributed by atoms with Crippen LogP contribution in [0.15, 0.2) is 48.5 Å². The van der Waals surface area contributed by atoms with Crippen LogP contribution < -0.4 is 10.1 Å². The van der Waals surface area contributed by atoms with Crippen molar-refractivity contribution in [2.75, 3.05) is 7.11 Å². The number of nitrogens with one attached hydrogen (secondary N) is 1. The van der Waals surface area contributed by atoms with Crippen LogP contribution in [-0.2, 0) is 4.74 Å². The fraction of sp³-hybridized carbons (Fsp3) is 0.286. The molecular formula is C21H22N2O5. The zero-order valence-electron chi connectivity index (χ0n) is 16.2. The lowest BCUT2D eigenvalue weighted by Crippen LogP contribution is -2.45. The number of rotatable bonds is 4. The number of methoxy groups -OCH3 is 1. The molecule has 1 heterocycles. The van der Waals surface area contributed by atoms with Gasteiger partial charge in [0.2, 0.25) is 0 Å². The Balaban J connectivity index is 1.97. The second-order valence-corrected chi connectivity index (χ2v) is 7.35. The van der Waals surface area contributed by atoms with Crippen molar-refractivity contribution in [2.24, 2.45) is 0 Å². The molecule has 0 unspecified atom stereocenters. The highest BCUT2D eigenvalue weighted by atomic mass is 16.6. The Morgan fingerprint density at radius 3 is 1.96 bits per heavy atom. The number of benzene rings is 2. The molecule has 0 radical (unpaired) electrons. The molecule has 1 aliphatic heterocycles. The van der Waals surface area contributed by atoms with Crippen LogP contribution in [0, 0.1) is 0 Å². The predicted molar refractivity (Wildman–Crippen MR) is 102 cm³/mol. The molecule has 0 spiro atoms. The summed E-state index contributed by atoms with van der Waals surface area (Å²) in [5, 5.41) is 2.65. The lowest BCUT2D eigenvalue weighted by atomic mass is 10.1. The van der Waals surface area contributed by atoms with Gasteiger partial charge >= 0.3 is 6.09 Å². The third kappa shape index (κ3) is 3.83. The minimum Gasteiger partial charge on any atom is -0.497 e. The quantitative estimate of drug-likeness (QED) is 0.818. The number of hydrogen-bond donors (Lipinski definition) is 1. The molecule has 3 rings (SSSR count). The highest BCUT2D eigenvalue weighted by Gasteiger charge is 2.41. The van der Waals surface area contributed by atoms with Gasteiger partial charge < -0.3 is 9.47 Å². The summed E-state index contributed by atoms with van der Waals surface area (Å²) in [6.45, 7) is 5.20. The first-order valence-electron chi connectivity index (χ1n) is 8.81. The highest BCUT2D eigenvalue weighted by Crippen LogP contribution is 2.31. The number of carbonyl (C=O) groups is 3. The first-order valence-corrected chi connectivity index (χ1v) is 8.81. The molecule has 28 heavy (non-hydrogen) atoms. The molecule has 0 aromatic heterocycles. The molecule has 7 nitrogen and oxygen atoms in total. The van der Waals surface area contributed by atoms with Crippen LogP contribution in [0.4, 0.5) is 4.79 Å². The van der Waals surface area contributed by atoms with Gasteiger partial charge in [-0.3, -0.25) is 14.9 Å². The Morgan fingerprint density at radius 1 is 0.964 bits per heavy atom. The number of alkyl carbamates (subject to hydrolysis) is 1. The highest BCUT2D eigenvalue weighted by molar-refractivity contribution is 6.21. The van der Waals surface area contributed by atoms with E-state index in [0.717, 1.165) is 4.90 Å². The summed E-state index contributed by atoms with van der Waals surface area (Å²) in [6, 6.07) is 13.3. The second kappa shape index (κ2) is 7.34. The number of carbonyl (C=O) groups excluding carboxylic acids is 3. The topological polar surface area (TPSA) is 84.9 Å². The van der Waals surface area contributed by atoms with Gasteiger partial charge in [0.25, 0.3) is 11.8 Å². The summed E-state index contributed by atoms with van der Waals surface area (Å²) in [6.07, 6.45) is -1.75. The number of amides is 3. The van der Waals surface area contributed by atoms with E-state index in [1.807, 2.05) is 0 Å². The molecule has 0 saturated carbocycles. The Bertz CT molecular complexity index is 880. The molecule has 7 heteroatoms. The van der Waals surface area contributed by atoms with Crippen molar-refractivity contribution >= 4 is 17.9 Å². The summed E-state index contributed by atoms with van der Waals surface area (Å²) >= 11 is 0. The lowest BCUT2D eigenvalue weighted by Gasteiger charge is -2.29. The van der Waals surface area contributed by atoms with Crippen LogP contribution >= 0.6 is 0 Å². The van der Waals surface area contributed by atoms with Gasteiger partial charge in [0.1, 0.15) is 17.5 Å². The van der Waals surface area contributed by atoms with E-state index in [0.29, 0.717) is 22.4 Å². The fourth-order valence-electron chi connectivity index (χ4n) is 2.94. The van der Waals surface area contributed by atoms with E-state index < -0.39 is 29.7 Å². The maximum Gasteiger partial charge on any atom is 0.409 e. The number of imide groups is 1. The van der Waals surface area contributed by atoms with Gasteiger partial charge in [0.15, 0.2) is 0 Å². The van der Waals surface area contributed by atoms with E-state index in [2.05, 4.69) is 5.32 Å². The van der Waals surface area contributed by atoms with Crippen LogP contribution in [0.1, 0.15) is 53.2 Å². The van der Waals surface area contributed by atoms with Gasteiger partial charge in [-0.05, 0) is 50.6 Å². The van der Waals surface area contributed by atoms with E-state index in [-0.39, 0.29) is 0 Å². The SMILES string of the molecule is COc1ccc([C@H](NC(=O)OC(C)(C)C)N2C(=O)c3ccccc3C2=O)cc1. The molecule has 1 atom stereocenters. The maximum atomic E-state index is 12.9. The van der Waals surface area contributed by atoms with E-state index in [9.17, 15) is 14.4 Å². The molecule has 0 bridgehead atoms. The first kappa shape index (κ1) is 19.4. The van der Waals surface area contributed by atoms with Gasteiger partial charge in [0, 0.05) is 0 Å². The number of nitrogens with zero attached hydrogens (tertiary/aromatic N) is 1. The number of hydrogen-bond acceptors (Lipinski definition) is 5. The molecule has 1 aliphatic rings. The average Bonchev–Trinajstić information content (AvgIpc) is 2.90. The monoisotopic (exact) mass is 382 g/mol. The van der Waals surface area contributed by atoms with Crippen molar-refractivity contribution < 1.29 is 23.9 Å². The van der Waals surface area contributed by atoms with Crippen molar-refractivity contribution in [3.8, 4) is 5.75 Å². The summed E-state index contributed by atoms with van der Waals surface area (Å²) in [5.74, 6) is -0.336. The van der Waals surface area contributed by atoms with Gasteiger partial charge in [-0.2, -0.15) is 0 Å². The zero-order chi connectivity index (χ0) is 20.5. The van der Waals surface area contributed by atoms with Crippen molar-refractivity contribution in [1.82, 2.24) is 10.2 Å². The summed E-state index contributed by atoms with van der Waals surface area (Å²) in [5.41, 5.74) is 0.423. The van der Waals surface area contributed by atoms with Gasteiger partial charge in [-0.15, -0.1) is 0 Å². The summed E-state index contributed by atoms with van der Waals surface area (Å²) in [7, 11) is 1.54. The molecule has 3 amide bonds. The Kier molecular flexibility index (Phi) is 5.09. The largest absolute Gasteiger partial charge is 0.497 e. The maximum absolute atomic E-state index is 12.9. The van der Waals surface area contributed by atoms with E-state index in [1.54, 1.807) is 69.3 Å². The van der Waals surface area contributed by atoms with E-state index in [1.165, 1.54) is 7.11 Å². The molecule has 1 N–H and O–H groups in total. The van der Waals surface area contributed by atoms with Gasteiger partial charge in [-0.25, -0.2) is 9.69 Å². The second-order valence-electron chi connectivity index (χ2n) is 7.35. The van der Waals surface area contributed by atoms with Gasteiger partial charge in [-0.1, -0.05) is 24.3 Å². The number of fused-ring (bicyclic) bond motifs is 1. The first-order chi connectivity index (χ1) is 13.2. The van der Waals surface area contributed by atoms with Crippen molar-refractivity contribution in [1.29, 1.82) is 0 Å². The van der Waals surface area contributed by atoms with Gasteiger partial charge in [0.05, 0.1) is 18.2 Å². The fourth-order valence-corrected chi connectivity index (χ4v) is 2.94. The molecule has 2 aromatic carbocycles. The Morgan fingerprint density at radius 2 is 1.50 bits per heavy atom. The normalized spacial score (nSPS) is 14.5. The zero-order valence-corrected chi connectivity index (χ0v) is 16.2. The molecular weight excluding hydrogens is 360 g/mol. The van der Waals surface area contributed by atoms with Crippen LogP contribution in [0.3, 0.4) is 0 Å². The molecule has 146 valence electrons. The molecule has 2 aromatic rings. The third-order valence-corrected chi connectivity index (χ3v) is 4.17. The van der Waals surface area contributed by atoms with Crippen LogP contribution in [0.2, 0.25) is 0 Å². The average molecular weight is 382 g/mol. The minimum atomic E-state index is -1.02. The molecule has 0 saturated heterocycles. The summed E-state index contributed by atoms with van der Waals surface area (Å²) < 4.78 is 10.5. The van der Waals surface area contributed by atoms with Crippen LogP contribution in [0.25, 0.3) is 0 Å². The molecule has 0 aliphatic carbocycles. The van der Waals surface area contributed by atoms with Crippen LogP contribution in [0.5, 0.6) is 5.75 Å². The van der Waals surface area contributed by atoms with Crippen molar-refractivity contribution in [3.05, 3.63) is 65.2 Å². The third-order valence-electron chi connectivity index (χ3n) is 4.17. The summed E-state index contributed by atoms with van der Waals surface area (Å²) in [4.78, 5) is 39.2. The smallest absolute Gasteiger partial charge is 0.409 e. The lowest BCUT2D eigenvalue weighted by molar-refractivity contribution is 0.0385. The van der Waals surface area contributed by atoms with Crippen LogP contribution in [-0.4, -0.2) is 35.5 Å². The predicted octanol–water partition coefficient (Wildman–Crippen LogP) is 3.51. The Hall–Kier alpha value is -3.35. The van der Waals surface area contributed by atoms with E-state index >= 15 is 0 Å². The standard InChI is InChI=1S/C21H22N2O5/c1-21(2,3)28-20(26)22-17(13-9-11-14(27-4)12-10-13)23-18(24)15-7-5-6-8-16(15)19(23)25/h5-12,17H,1-4H3,(H,22,26)/t17-/m1/s1. The van der Waals surface area contributed by atoms with E-state index in [4.69, 9.17) is 9.47 Å². The minimum absolute atomic E-state index is 0.303. The van der Waals surface area contributed by atoms with Crippen molar-refractivity contribution in [3.63, 3.8) is 0 Å².